The summed E-state index contributed by atoms with van der Waals surface area (Å²) >= 11 is 0. The average molecular weight is 480 g/mol. The molecule has 0 aliphatic carbocycles. The number of rotatable bonds is 7. The third-order valence-corrected chi connectivity index (χ3v) is 6.57. The van der Waals surface area contributed by atoms with Crippen LogP contribution in [0.3, 0.4) is 0 Å². The van der Waals surface area contributed by atoms with Crippen LogP contribution in [0.5, 0.6) is 0 Å². The lowest BCUT2D eigenvalue weighted by Crippen LogP contribution is -2.41. The Morgan fingerprint density at radius 3 is 2.06 bits per heavy atom. The topological polar surface area (TPSA) is 75.4 Å². The summed E-state index contributed by atoms with van der Waals surface area (Å²) in [6, 6.07) is 29.3. The predicted octanol–water partition coefficient (Wildman–Crippen LogP) is 5.82. The summed E-state index contributed by atoms with van der Waals surface area (Å²) in [6.45, 7) is 1.17. The molecular weight excluding hydrogens is 450 g/mol. The van der Waals surface area contributed by atoms with E-state index in [2.05, 4.69) is 5.32 Å². The molecule has 1 aromatic heterocycles. The smallest absolute Gasteiger partial charge is 0.227 e. The third-order valence-electron chi connectivity index (χ3n) is 6.57. The number of likely N-dealkylation sites (tertiary alicyclic amines) is 1. The van der Waals surface area contributed by atoms with Crippen LogP contribution in [0.4, 0.5) is 5.69 Å². The van der Waals surface area contributed by atoms with Crippen LogP contribution in [0.15, 0.2) is 95.4 Å². The minimum Gasteiger partial charge on any atom is -0.440 e. The van der Waals surface area contributed by atoms with Gasteiger partial charge in [0.25, 0.3) is 0 Å². The first kappa shape index (κ1) is 23.5. The maximum atomic E-state index is 12.9. The van der Waals surface area contributed by atoms with Crippen molar-refractivity contribution in [3.05, 3.63) is 96.9 Å². The molecule has 3 aromatic carbocycles. The molecule has 0 spiro atoms. The van der Waals surface area contributed by atoms with E-state index < -0.39 is 0 Å². The fourth-order valence-electron chi connectivity index (χ4n) is 4.58. The number of piperidine rings is 1. The van der Waals surface area contributed by atoms with Crippen molar-refractivity contribution < 1.29 is 14.0 Å². The maximum absolute atomic E-state index is 12.9. The number of carbonyl (C=O) groups is 2. The van der Waals surface area contributed by atoms with Gasteiger partial charge in [-0.1, -0.05) is 78.9 Å². The second-order valence-electron chi connectivity index (χ2n) is 9.03. The average Bonchev–Trinajstić information content (AvgIpc) is 3.38. The Morgan fingerprint density at radius 2 is 1.42 bits per heavy atom. The zero-order valence-electron chi connectivity index (χ0n) is 20.1. The molecule has 1 fully saturated rings. The van der Waals surface area contributed by atoms with E-state index in [9.17, 15) is 9.59 Å². The lowest BCUT2D eigenvalue weighted by molar-refractivity contribution is -0.134. The maximum Gasteiger partial charge on any atom is 0.227 e. The van der Waals surface area contributed by atoms with Gasteiger partial charge in [-0.05, 0) is 25.0 Å². The number of carbonyl (C=O) groups excluding carboxylic acids is 2. The molecule has 182 valence electrons. The monoisotopic (exact) mass is 479 g/mol. The summed E-state index contributed by atoms with van der Waals surface area (Å²) in [6.07, 6.45) is 2.09. The molecule has 0 unspecified atom stereocenters. The number of anilines is 1. The summed E-state index contributed by atoms with van der Waals surface area (Å²) in [5.74, 6) is 1.28. The van der Waals surface area contributed by atoms with Gasteiger partial charge in [-0.3, -0.25) is 9.59 Å². The van der Waals surface area contributed by atoms with Gasteiger partial charge >= 0.3 is 0 Å². The molecule has 0 radical (unpaired) electrons. The lowest BCUT2D eigenvalue weighted by Gasteiger charge is -2.31. The Hall–Kier alpha value is -4.19. The van der Waals surface area contributed by atoms with E-state index in [0.29, 0.717) is 44.7 Å². The first-order chi connectivity index (χ1) is 17.7. The number of benzene rings is 3. The van der Waals surface area contributed by atoms with Crippen molar-refractivity contribution in [1.29, 1.82) is 0 Å². The largest absolute Gasteiger partial charge is 0.440 e. The van der Waals surface area contributed by atoms with Crippen molar-refractivity contribution in [3.63, 3.8) is 0 Å². The molecule has 0 atom stereocenters. The Balaban J connectivity index is 1.19. The minimum absolute atomic E-state index is 0.0231. The van der Waals surface area contributed by atoms with Crippen LogP contribution < -0.4 is 5.32 Å². The summed E-state index contributed by atoms with van der Waals surface area (Å²) in [7, 11) is 0. The number of nitrogens with one attached hydrogen (secondary N) is 1. The second kappa shape index (κ2) is 11.0. The molecule has 5 rings (SSSR count). The van der Waals surface area contributed by atoms with Gasteiger partial charge < -0.3 is 14.6 Å². The predicted molar refractivity (Wildman–Crippen MR) is 140 cm³/mol. The van der Waals surface area contributed by atoms with Gasteiger partial charge in [0.15, 0.2) is 11.7 Å². The van der Waals surface area contributed by atoms with E-state index in [1.807, 2.05) is 95.9 Å². The van der Waals surface area contributed by atoms with Crippen LogP contribution in [-0.2, 0) is 16.0 Å². The van der Waals surface area contributed by atoms with Crippen LogP contribution in [-0.4, -0.2) is 34.8 Å². The molecule has 2 heterocycles. The Kier molecular flexibility index (Phi) is 7.22. The normalized spacial score (nSPS) is 13.9. The van der Waals surface area contributed by atoms with Crippen LogP contribution >= 0.6 is 0 Å². The molecular formula is C30H29N3O3. The van der Waals surface area contributed by atoms with Gasteiger partial charge in [0.2, 0.25) is 11.8 Å². The van der Waals surface area contributed by atoms with Gasteiger partial charge in [-0.25, -0.2) is 4.98 Å². The number of para-hydroxylation sites is 1. The van der Waals surface area contributed by atoms with Gasteiger partial charge in [-0.2, -0.15) is 0 Å². The first-order valence-electron chi connectivity index (χ1n) is 12.4. The van der Waals surface area contributed by atoms with Crippen molar-refractivity contribution in [3.8, 4) is 22.6 Å². The highest BCUT2D eigenvalue weighted by atomic mass is 16.4. The van der Waals surface area contributed by atoms with Crippen molar-refractivity contribution in [2.24, 2.45) is 5.92 Å². The van der Waals surface area contributed by atoms with Crippen LogP contribution in [0, 0.1) is 5.92 Å². The molecule has 0 bridgehead atoms. The van der Waals surface area contributed by atoms with E-state index in [-0.39, 0.29) is 17.7 Å². The molecule has 0 saturated carbocycles. The van der Waals surface area contributed by atoms with Gasteiger partial charge in [0, 0.05) is 48.7 Å². The van der Waals surface area contributed by atoms with Crippen LogP contribution in [0.2, 0.25) is 0 Å². The first-order valence-corrected chi connectivity index (χ1v) is 12.4. The zero-order chi connectivity index (χ0) is 24.7. The van der Waals surface area contributed by atoms with Gasteiger partial charge in [0.1, 0.15) is 5.69 Å². The highest BCUT2D eigenvalue weighted by molar-refractivity contribution is 5.92. The molecule has 4 aromatic rings. The number of hydrogen-bond donors (Lipinski definition) is 1. The van der Waals surface area contributed by atoms with Gasteiger partial charge in [-0.15, -0.1) is 0 Å². The SMILES string of the molecule is O=C(Nc1ccccc1)C1CCN(C(=O)CCc2nc(-c3ccccc3)c(-c3ccccc3)o2)CC1. The summed E-state index contributed by atoms with van der Waals surface area (Å²) in [5.41, 5.74) is 3.53. The van der Waals surface area contributed by atoms with E-state index in [4.69, 9.17) is 9.40 Å². The molecule has 1 aliphatic rings. The molecule has 1 N–H and O–H groups in total. The van der Waals surface area contributed by atoms with Crippen LogP contribution in [0.1, 0.15) is 25.2 Å². The third kappa shape index (κ3) is 5.54. The van der Waals surface area contributed by atoms with E-state index in [1.165, 1.54) is 0 Å². The lowest BCUT2D eigenvalue weighted by atomic mass is 9.95. The number of amides is 2. The molecule has 2 amide bonds. The van der Waals surface area contributed by atoms with Crippen molar-refractivity contribution in [2.45, 2.75) is 25.7 Å². The molecule has 1 aliphatic heterocycles. The molecule has 6 nitrogen and oxygen atoms in total. The Bertz CT molecular complexity index is 1240. The summed E-state index contributed by atoms with van der Waals surface area (Å²) in [4.78, 5) is 32.1. The van der Waals surface area contributed by atoms with Gasteiger partial charge in [0.05, 0.1) is 0 Å². The van der Waals surface area contributed by atoms with Crippen molar-refractivity contribution >= 4 is 17.5 Å². The Labute approximate surface area is 211 Å². The van der Waals surface area contributed by atoms with E-state index in [1.54, 1.807) is 0 Å². The van der Waals surface area contributed by atoms with Crippen molar-refractivity contribution in [1.82, 2.24) is 9.88 Å². The number of hydrogen-bond acceptors (Lipinski definition) is 4. The number of aryl methyl sites for hydroxylation is 1. The molecule has 36 heavy (non-hydrogen) atoms. The molecule has 1 saturated heterocycles. The number of oxazole rings is 1. The summed E-state index contributed by atoms with van der Waals surface area (Å²) in [5, 5.41) is 2.97. The highest BCUT2D eigenvalue weighted by Gasteiger charge is 2.27. The van der Waals surface area contributed by atoms with E-state index in [0.717, 1.165) is 28.3 Å². The standard InChI is InChI=1S/C30H29N3O3/c34-27(33-20-18-24(19-21-33)30(35)31-25-14-8-3-9-15-25)17-16-26-32-28(22-10-4-1-5-11-22)29(36-26)23-12-6-2-7-13-23/h1-15,24H,16-21H2,(H,31,35). The highest BCUT2D eigenvalue weighted by Crippen LogP contribution is 2.33. The fourth-order valence-corrected chi connectivity index (χ4v) is 4.58. The minimum atomic E-state index is -0.0807. The fraction of sp³-hybridized carbons (Fsp3) is 0.233. The Morgan fingerprint density at radius 1 is 0.833 bits per heavy atom. The van der Waals surface area contributed by atoms with Crippen LogP contribution in [0.25, 0.3) is 22.6 Å². The number of nitrogens with zero attached hydrogens (tertiary/aromatic N) is 2. The van der Waals surface area contributed by atoms with E-state index >= 15 is 0 Å². The van der Waals surface area contributed by atoms with Crippen molar-refractivity contribution in [2.75, 3.05) is 18.4 Å². The second-order valence-corrected chi connectivity index (χ2v) is 9.03. The quantitative estimate of drug-likeness (QED) is 0.362. The zero-order valence-corrected chi connectivity index (χ0v) is 20.1. The molecule has 6 heteroatoms. The number of aromatic nitrogens is 1. The summed E-state index contributed by atoms with van der Waals surface area (Å²) < 4.78 is 6.16.